The van der Waals surface area contributed by atoms with Gasteiger partial charge in [0, 0.05) is 56.6 Å². The van der Waals surface area contributed by atoms with Crippen molar-refractivity contribution in [3.05, 3.63) is 35.5 Å². The van der Waals surface area contributed by atoms with Crippen molar-refractivity contribution in [2.24, 2.45) is 0 Å². The number of carbonyl (C=O) groups is 2. The normalized spacial score (nSPS) is 16.2. The van der Waals surface area contributed by atoms with Gasteiger partial charge < -0.3 is 23.8 Å². The van der Waals surface area contributed by atoms with Crippen LogP contribution in [-0.4, -0.2) is 71.7 Å². The molecule has 1 aliphatic rings. The highest BCUT2D eigenvalue weighted by Crippen LogP contribution is 2.25. The molecule has 2 amide bonds. The maximum atomic E-state index is 13.2. The van der Waals surface area contributed by atoms with Gasteiger partial charge in [-0.2, -0.15) is 4.98 Å². The second-order valence-corrected chi connectivity index (χ2v) is 8.31. The van der Waals surface area contributed by atoms with Gasteiger partial charge in [-0.1, -0.05) is 19.0 Å². The summed E-state index contributed by atoms with van der Waals surface area (Å²) in [4.78, 5) is 33.6. The topological polar surface area (TPSA) is 98.0 Å². The molecule has 1 fully saturated rings. The van der Waals surface area contributed by atoms with Crippen LogP contribution in [0.2, 0.25) is 0 Å². The van der Waals surface area contributed by atoms with Gasteiger partial charge in [-0.25, -0.2) is 0 Å². The smallest absolute Gasteiger partial charge is 0.254 e. The lowest BCUT2D eigenvalue weighted by molar-refractivity contribution is -0.132. The molecule has 0 spiro atoms. The van der Waals surface area contributed by atoms with E-state index < -0.39 is 0 Å². The van der Waals surface area contributed by atoms with Crippen LogP contribution in [0.25, 0.3) is 0 Å². The number of hydrogen-bond acceptors (Lipinski definition) is 7. The van der Waals surface area contributed by atoms with Gasteiger partial charge in [0.1, 0.15) is 11.5 Å². The van der Waals surface area contributed by atoms with Crippen LogP contribution in [0.5, 0.6) is 11.5 Å². The fraction of sp³-hybridized carbons (Fsp3) is 0.565. The molecule has 174 valence electrons. The van der Waals surface area contributed by atoms with Crippen LogP contribution in [0, 0.1) is 0 Å². The largest absolute Gasteiger partial charge is 0.497 e. The minimum Gasteiger partial charge on any atom is -0.497 e. The highest BCUT2D eigenvalue weighted by atomic mass is 16.5. The molecule has 9 nitrogen and oxygen atoms in total. The number of carbonyl (C=O) groups excluding carboxylic acids is 2. The Morgan fingerprint density at radius 3 is 2.47 bits per heavy atom. The third kappa shape index (κ3) is 5.57. The van der Waals surface area contributed by atoms with Gasteiger partial charge in [0.25, 0.3) is 5.91 Å². The molecule has 1 aromatic heterocycles. The first-order chi connectivity index (χ1) is 15.3. The molecule has 2 heterocycles. The van der Waals surface area contributed by atoms with Crippen LogP contribution in [-0.2, 0) is 11.2 Å². The van der Waals surface area contributed by atoms with E-state index in [1.54, 1.807) is 44.2 Å². The maximum absolute atomic E-state index is 13.2. The number of rotatable bonds is 8. The van der Waals surface area contributed by atoms with Crippen LogP contribution in [0.4, 0.5) is 0 Å². The monoisotopic (exact) mass is 444 g/mol. The van der Waals surface area contributed by atoms with Gasteiger partial charge in [0.05, 0.1) is 14.2 Å². The highest BCUT2D eigenvalue weighted by molar-refractivity contribution is 5.95. The van der Waals surface area contributed by atoms with Gasteiger partial charge in [-0.05, 0) is 25.0 Å². The van der Waals surface area contributed by atoms with E-state index in [0.29, 0.717) is 54.8 Å². The first-order valence-electron chi connectivity index (χ1n) is 10.9. The fourth-order valence-corrected chi connectivity index (χ4v) is 3.93. The van der Waals surface area contributed by atoms with Gasteiger partial charge in [0.2, 0.25) is 11.8 Å². The zero-order valence-electron chi connectivity index (χ0n) is 19.5. The zero-order valence-corrected chi connectivity index (χ0v) is 19.5. The number of methoxy groups -OCH3 is 2. The van der Waals surface area contributed by atoms with Crippen molar-refractivity contribution in [3.63, 3.8) is 0 Å². The fourth-order valence-electron chi connectivity index (χ4n) is 3.93. The van der Waals surface area contributed by atoms with E-state index in [9.17, 15) is 9.59 Å². The number of benzene rings is 1. The molecule has 1 unspecified atom stereocenters. The summed E-state index contributed by atoms with van der Waals surface area (Å²) in [6, 6.07) is 5.09. The number of nitrogens with zero attached hydrogens (tertiary/aromatic N) is 4. The van der Waals surface area contributed by atoms with E-state index in [1.807, 2.05) is 18.7 Å². The molecule has 0 saturated carbocycles. The van der Waals surface area contributed by atoms with Crippen LogP contribution < -0.4 is 9.47 Å². The van der Waals surface area contributed by atoms with Crippen molar-refractivity contribution >= 4 is 11.8 Å². The quantitative estimate of drug-likeness (QED) is 0.617. The van der Waals surface area contributed by atoms with Crippen LogP contribution in [0.3, 0.4) is 0 Å². The lowest BCUT2D eigenvalue weighted by atomic mass is 10.0. The Morgan fingerprint density at radius 2 is 1.91 bits per heavy atom. The minimum atomic E-state index is -0.102. The van der Waals surface area contributed by atoms with Crippen LogP contribution in [0.1, 0.15) is 61.6 Å². The average Bonchev–Trinajstić information content (AvgIpc) is 3.27. The summed E-state index contributed by atoms with van der Waals surface area (Å²) in [6.07, 6.45) is 2.17. The van der Waals surface area contributed by atoms with Crippen molar-refractivity contribution in [3.8, 4) is 11.5 Å². The van der Waals surface area contributed by atoms with Crippen LogP contribution in [0.15, 0.2) is 22.7 Å². The average molecular weight is 445 g/mol. The minimum absolute atomic E-state index is 0.0278. The number of hydrogen-bond donors (Lipinski definition) is 0. The van der Waals surface area contributed by atoms with Gasteiger partial charge >= 0.3 is 0 Å². The number of aromatic nitrogens is 2. The third-order valence-corrected chi connectivity index (χ3v) is 5.68. The van der Waals surface area contributed by atoms with Gasteiger partial charge in [-0.3, -0.25) is 9.59 Å². The number of piperidine rings is 1. The van der Waals surface area contributed by atoms with Crippen molar-refractivity contribution in [1.82, 2.24) is 19.9 Å². The summed E-state index contributed by atoms with van der Waals surface area (Å²) in [5.41, 5.74) is 0.504. The summed E-state index contributed by atoms with van der Waals surface area (Å²) in [5, 5.41) is 4.02. The molecule has 1 aliphatic heterocycles. The Kier molecular flexibility index (Phi) is 7.71. The molecule has 1 atom stereocenters. The Labute approximate surface area is 188 Å². The Morgan fingerprint density at radius 1 is 1.22 bits per heavy atom. The van der Waals surface area contributed by atoms with Crippen LogP contribution >= 0.6 is 0 Å². The zero-order chi connectivity index (χ0) is 23.3. The van der Waals surface area contributed by atoms with E-state index in [1.165, 1.54) is 0 Å². The molecule has 3 rings (SSSR count). The Balaban J connectivity index is 1.69. The second-order valence-electron chi connectivity index (χ2n) is 8.31. The summed E-state index contributed by atoms with van der Waals surface area (Å²) in [6.45, 7) is 7.13. The molecule has 0 aliphatic carbocycles. The summed E-state index contributed by atoms with van der Waals surface area (Å²) in [7, 11) is 3.11. The summed E-state index contributed by atoms with van der Waals surface area (Å²) < 4.78 is 15.8. The molecule has 2 aromatic rings. The summed E-state index contributed by atoms with van der Waals surface area (Å²) in [5.74, 6) is 2.34. The van der Waals surface area contributed by atoms with Gasteiger partial charge in [0.15, 0.2) is 5.82 Å². The first kappa shape index (κ1) is 23.6. The van der Waals surface area contributed by atoms with E-state index in [2.05, 4.69) is 10.1 Å². The highest BCUT2D eigenvalue weighted by Gasteiger charge is 2.30. The van der Waals surface area contributed by atoms with Crippen molar-refractivity contribution < 1.29 is 23.6 Å². The second kappa shape index (κ2) is 10.5. The molecule has 1 saturated heterocycles. The molecule has 32 heavy (non-hydrogen) atoms. The van der Waals surface area contributed by atoms with Crippen molar-refractivity contribution in [2.75, 3.05) is 33.9 Å². The first-order valence-corrected chi connectivity index (χ1v) is 10.9. The summed E-state index contributed by atoms with van der Waals surface area (Å²) >= 11 is 0. The molecular formula is C23H32N4O5. The van der Waals surface area contributed by atoms with E-state index in [4.69, 9.17) is 14.0 Å². The van der Waals surface area contributed by atoms with E-state index in [0.717, 1.165) is 12.8 Å². The number of likely N-dealkylation sites (tertiary alicyclic amines) is 1. The number of ether oxygens (including phenoxy) is 2. The predicted octanol–water partition coefficient (Wildman–Crippen LogP) is 2.91. The molecule has 0 radical (unpaired) electrons. The van der Waals surface area contributed by atoms with Gasteiger partial charge in [-0.15, -0.1) is 0 Å². The molecule has 9 heteroatoms. The van der Waals surface area contributed by atoms with Crippen molar-refractivity contribution in [2.45, 2.75) is 52.0 Å². The van der Waals surface area contributed by atoms with Crippen molar-refractivity contribution in [1.29, 1.82) is 0 Å². The van der Waals surface area contributed by atoms with E-state index in [-0.39, 0.29) is 23.8 Å². The maximum Gasteiger partial charge on any atom is 0.254 e. The molecule has 1 aromatic carbocycles. The van der Waals surface area contributed by atoms with E-state index >= 15 is 0 Å². The predicted molar refractivity (Wildman–Crippen MR) is 118 cm³/mol. The number of amides is 2. The third-order valence-electron chi connectivity index (χ3n) is 5.68. The standard InChI is InChI=1S/C23H32N4O5/c1-15(2)22-24-21(25-32-22)8-10-27(16(3)28)18-7-6-9-26(14-18)23(29)17-11-19(30-4)13-20(12-17)31-5/h11-13,15,18H,6-10,14H2,1-5H3. The molecule has 0 N–H and O–H groups in total. The molecular weight excluding hydrogens is 412 g/mol. The Hall–Kier alpha value is -3.10. The molecule has 0 bridgehead atoms. The lowest BCUT2D eigenvalue weighted by Gasteiger charge is -2.39. The lowest BCUT2D eigenvalue weighted by Crippen LogP contribution is -2.51. The Bertz CT molecular complexity index is 920. The SMILES string of the molecule is COc1cc(OC)cc(C(=O)N2CCCC(N(CCc3noc(C(C)C)n3)C(C)=O)C2)c1.